The summed E-state index contributed by atoms with van der Waals surface area (Å²) < 4.78 is 92.3. The SMILES string of the molecule is CN(C)C(=O)c1nn2c(c1Cl)CN(c1nc(OC[C@@]34CCCN3C[C@H](F)C4)nc3c1COC(c1c(C(F)(F)F)ccc(Br)c1F)C3)CC1(COC1)C2. The Bertz CT molecular complexity index is 1930. The highest BCUT2D eigenvalue weighted by molar-refractivity contribution is 9.10. The molecule has 0 aliphatic carbocycles. The van der Waals surface area contributed by atoms with Crippen LogP contribution >= 0.6 is 27.5 Å². The standard InChI is InChI=1S/C34H36BrClF5N7O4/c1-45(2)30(49)28-26(36)23-11-46(13-32(15-50-16-32)14-48(23)44-28)29-19-12-51-24(25-20(34(39,40)41)4-5-21(35)27(25)38)8-22(19)42-31(43-29)52-17-33-6-3-7-47(33)10-18(37)9-33/h4-5,18,24H,3,6-17H2,1-2H3/t18-,24?,33+/m1/s1. The molecule has 0 radical (unpaired) electrons. The second-order valence-electron chi connectivity index (χ2n) is 14.8. The molecular weight excluding hydrogens is 781 g/mol. The number of carbonyl (C=O) groups excluding carboxylic acids is 1. The fourth-order valence-electron chi connectivity index (χ4n) is 8.36. The maximum Gasteiger partial charge on any atom is 0.416 e. The van der Waals surface area contributed by atoms with E-state index in [1.54, 1.807) is 18.8 Å². The second kappa shape index (κ2) is 13.0. The number of alkyl halides is 4. The van der Waals surface area contributed by atoms with E-state index in [9.17, 15) is 22.4 Å². The summed E-state index contributed by atoms with van der Waals surface area (Å²) in [5, 5.41) is 4.80. The van der Waals surface area contributed by atoms with Crippen molar-refractivity contribution >= 4 is 39.3 Å². The minimum absolute atomic E-state index is 0.0325. The molecule has 3 aromatic rings. The van der Waals surface area contributed by atoms with Crippen LogP contribution in [-0.4, -0.2) is 101 Å². The lowest BCUT2D eigenvalue weighted by Gasteiger charge is -2.43. The molecule has 18 heteroatoms. The van der Waals surface area contributed by atoms with Gasteiger partial charge < -0.3 is 24.0 Å². The van der Waals surface area contributed by atoms with Crippen molar-refractivity contribution in [3.8, 4) is 6.01 Å². The van der Waals surface area contributed by atoms with Gasteiger partial charge in [0.2, 0.25) is 0 Å². The molecule has 5 aliphatic rings. The maximum absolute atomic E-state index is 15.5. The lowest BCUT2D eigenvalue weighted by atomic mass is 9.85. The van der Waals surface area contributed by atoms with Gasteiger partial charge in [-0.25, -0.2) is 8.78 Å². The first-order valence-electron chi connectivity index (χ1n) is 17.0. The lowest BCUT2D eigenvalue weighted by molar-refractivity contribution is -0.140. The molecule has 1 amide bonds. The molecule has 3 atom stereocenters. The van der Waals surface area contributed by atoms with Crippen molar-refractivity contribution in [1.29, 1.82) is 0 Å². The van der Waals surface area contributed by atoms with Crippen molar-refractivity contribution in [2.24, 2.45) is 5.41 Å². The number of aromatic nitrogens is 4. The van der Waals surface area contributed by atoms with Gasteiger partial charge in [-0.15, -0.1) is 0 Å². The van der Waals surface area contributed by atoms with E-state index in [0.29, 0.717) is 62.0 Å². The summed E-state index contributed by atoms with van der Waals surface area (Å²) in [7, 11) is 3.22. The van der Waals surface area contributed by atoms with E-state index >= 15 is 4.39 Å². The topological polar surface area (TPSA) is 98.1 Å². The van der Waals surface area contributed by atoms with E-state index in [2.05, 4.69) is 25.9 Å². The molecule has 7 heterocycles. The predicted molar refractivity (Wildman–Crippen MR) is 180 cm³/mol. The van der Waals surface area contributed by atoms with Gasteiger partial charge in [-0.2, -0.15) is 28.2 Å². The van der Waals surface area contributed by atoms with Crippen LogP contribution in [0.15, 0.2) is 16.6 Å². The Hall–Kier alpha value is -3.12. The van der Waals surface area contributed by atoms with Gasteiger partial charge in [-0.3, -0.25) is 14.4 Å². The van der Waals surface area contributed by atoms with Crippen LogP contribution in [0.3, 0.4) is 0 Å². The molecule has 2 aromatic heterocycles. The zero-order valence-electron chi connectivity index (χ0n) is 28.4. The van der Waals surface area contributed by atoms with Crippen LogP contribution in [0.5, 0.6) is 6.01 Å². The summed E-state index contributed by atoms with van der Waals surface area (Å²) in [6, 6.07) is 1.82. The van der Waals surface area contributed by atoms with Crippen LogP contribution < -0.4 is 9.64 Å². The molecule has 1 aromatic carbocycles. The monoisotopic (exact) mass is 815 g/mol. The molecule has 52 heavy (non-hydrogen) atoms. The quantitative estimate of drug-likeness (QED) is 0.288. The van der Waals surface area contributed by atoms with Crippen molar-refractivity contribution < 1.29 is 41.0 Å². The van der Waals surface area contributed by atoms with Crippen LogP contribution in [0.4, 0.5) is 27.8 Å². The molecular formula is C34H36BrClF5N7O4. The molecule has 5 aliphatic heterocycles. The van der Waals surface area contributed by atoms with Crippen molar-refractivity contribution in [2.45, 2.75) is 69.4 Å². The number of rotatable bonds is 6. The zero-order valence-corrected chi connectivity index (χ0v) is 30.8. The summed E-state index contributed by atoms with van der Waals surface area (Å²) in [5.41, 5.74) is -1.18. The number of nitrogens with zero attached hydrogens (tertiary/aromatic N) is 7. The van der Waals surface area contributed by atoms with E-state index in [1.165, 1.54) is 4.90 Å². The number of ether oxygens (including phenoxy) is 3. The molecule has 0 N–H and O–H groups in total. The molecule has 1 spiro atoms. The van der Waals surface area contributed by atoms with E-state index in [4.69, 9.17) is 35.8 Å². The van der Waals surface area contributed by atoms with Gasteiger partial charge in [0.15, 0.2) is 5.69 Å². The van der Waals surface area contributed by atoms with Crippen LogP contribution in [0, 0.1) is 11.2 Å². The third-order valence-corrected chi connectivity index (χ3v) is 11.9. The first-order chi connectivity index (χ1) is 24.7. The molecule has 0 saturated carbocycles. The Labute approximate surface area is 309 Å². The molecule has 3 saturated heterocycles. The number of halogens is 7. The second-order valence-corrected chi connectivity index (χ2v) is 16.0. The van der Waals surface area contributed by atoms with E-state index in [1.807, 2.05) is 4.90 Å². The first-order valence-corrected chi connectivity index (χ1v) is 18.2. The molecule has 0 bridgehead atoms. The number of carbonyl (C=O) groups is 1. The first kappa shape index (κ1) is 35.9. The summed E-state index contributed by atoms with van der Waals surface area (Å²) >= 11 is 9.88. The molecule has 3 fully saturated rings. The molecule has 280 valence electrons. The molecule has 11 nitrogen and oxygen atoms in total. The highest BCUT2D eigenvalue weighted by Gasteiger charge is 2.50. The number of anilines is 1. The van der Waals surface area contributed by atoms with Gasteiger partial charge >= 0.3 is 12.2 Å². The third-order valence-electron chi connectivity index (χ3n) is 10.9. The summed E-state index contributed by atoms with van der Waals surface area (Å²) in [6.07, 6.45) is -5.40. The minimum atomic E-state index is -4.84. The maximum atomic E-state index is 15.5. The van der Waals surface area contributed by atoms with E-state index in [-0.39, 0.29) is 53.3 Å². The van der Waals surface area contributed by atoms with E-state index < -0.39 is 46.3 Å². The number of amides is 1. The average Bonchev–Trinajstić information content (AvgIpc) is 3.66. The minimum Gasteiger partial charge on any atom is -0.461 e. The van der Waals surface area contributed by atoms with Crippen LogP contribution in [0.25, 0.3) is 0 Å². The summed E-state index contributed by atoms with van der Waals surface area (Å²) in [4.78, 5) is 28.0. The van der Waals surface area contributed by atoms with E-state index in [0.717, 1.165) is 31.5 Å². The van der Waals surface area contributed by atoms with Crippen LogP contribution in [-0.2, 0) is 41.8 Å². The fourth-order valence-corrected chi connectivity index (χ4v) is 8.98. The van der Waals surface area contributed by atoms with Gasteiger partial charge in [0.05, 0.1) is 76.4 Å². The van der Waals surface area contributed by atoms with Crippen molar-refractivity contribution in [1.82, 2.24) is 29.5 Å². The summed E-state index contributed by atoms with van der Waals surface area (Å²) in [6.45, 7) is 2.78. The molecule has 8 rings (SSSR count). The highest BCUT2D eigenvalue weighted by atomic mass is 79.9. The predicted octanol–water partition coefficient (Wildman–Crippen LogP) is 5.75. The number of hydrogen-bond donors (Lipinski definition) is 0. The van der Waals surface area contributed by atoms with Gasteiger partial charge in [0, 0.05) is 51.2 Å². The smallest absolute Gasteiger partial charge is 0.416 e. The highest BCUT2D eigenvalue weighted by Crippen LogP contribution is 2.46. The van der Waals surface area contributed by atoms with Gasteiger partial charge in [-0.05, 0) is 47.4 Å². The van der Waals surface area contributed by atoms with Crippen LogP contribution in [0.2, 0.25) is 5.02 Å². The largest absolute Gasteiger partial charge is 0.461 e. The van der Waals surface area contributed by atoms with Gasteiger partial charge in [-0.1, -0.05) is 11.6 Å². The van der Waals surface area contributed by atoms with Crippen molar-refractivity contribution in [2.75, 3.05) is 58.5 Å². The Balaban J connectivity index is 1.21. The van der Waals surface area contributed by atoms with Crippen LogP contribution in [0.1, 0.15) is 63.9 Å². The van der Waals surface area contributed by atoms with Gasteiger partial charge in [0.1, 0.15) is 24.4 Å². The molecule has 1 unspecified atom stereocenters. The summed E-state index contributed by atoms with van der Waals surface area (Å²) in [5.74, 6) is -1.02. The number of fused-ring (bicyclic) bond motifs is 3. The Morgan fingerprint density at radius 2 is 2.00 bits per heavy atom. The third kappa shape index (κ3) is 6.13. The fraction of sp³-hybridized carbons (Fsp3) is 0.588. The van der Waals surface area contributed by atoms with Crippen molar-refractivity contribution in [3.63, 3.8) is 0 Å². The Morgan fingerprint density at radius 3 is 2.71 bits per heavy atom. The Morgan fingerprint density at radius 1 is 1.21 bits per heavy atom. The number of benzene rings is 1. The van der Waals surface area contributed by atoms with Crippen molar-refractivity contribution in [3.05, 3.63) is 61.2 Å². The normalized spacial score (nSPS) is 25.4. The Kier molecular flexibility index (Phi) is 8.99. The number of hydrogen-bond acceptors (Lipinski definition) is 9. The van der Waals surface area contributed by atoms with Gasteiger partial charge in [0.25, 0.3) is 5.91 Å². The lowest BCUT2D eigenvalue weighted by Crippen LogP contribution is -2.52. The average molecular weight is 817 g/mol. The zero-order chi connectivity index (χ0) is 36.7.